The average molecular weight is 345 g/mol. The predicted molar refractivity (Wildman–Crippen MR) is 98.7 cm³/mol. The Morgan fingerprint density at radius 1 is 1.19 bits per heavy atom. The number of fused-ring (bicyclic) bond motifs is 5. The highest BCUT2D eigenvalue weighted by Gasteiger charge is 2.46. The lowest BCUT2D eigenvalue weighted by atomic mass is 9.79. The van der Waals surface area contributed by atoms with Gasteiger partial charge in [0.25, 0.3) is 0 Å². The van der Waals surface area contributed by atoms with Gasteiger partial charge in [-0.05, 0) is 23.8 Å². The first-order valence-corrected chi connectivity index (χ1v) is 8.94. The number of aldehydes is 1. The summed E-state index contributed by atoms with van der Waals surface area (Å²) in [5.41, 5.74) is 5.87. The molecule has 4 aliphatic rings. The number of carbonyl (C=O) groups is 2. The summed E-state index contributed by atoms with van der Waals surface area (Å²) in [6, 6.07) is 8.54. The van der Waals surface area contributed by atoms with Gasteiger partial charge in [0, 0.05) is 47.0 Å². The zero-order valence-corrected chi connectivity index (χ0v) is 14.8. The normalized spacial score (nSPS) is 25.2. The van der Waals surface area contributed by atoms with Crippen molar-refractivity contribution in [2.24, 2.45) is 0 Å². The maximum Gasteiger partial charge on any atom is 0.192 e. The molecule has 1 aromatic rings. The number of ketones is 1. The molecule has 0 amide bonds. The van der Waals surface area contributed by atoms with Crippen LogP contribution in [0.25, 0.3) is 0 Å². The van der Waals surface area contributed by atoms with Gasteiger partial charge in [0.1, 0.15) is 11.9 Å². The average Bonchev–Trinajstić information content (AvgIpc) is 2.88. The summed E-state index contributed by atoms with van der Waals surface area (Å²) in [5.74, 6) is 0.297. The number of nitrogens with zero attached hydrogens (tertiary/aromatic N) is 1. The second kappa shape index (κ2) is 5.07. The summed E-state index contributed by atoms with van der Waals surface area (Å²) in [4.78, 5) is 25.5. The van der Waals surface area contributed by atoms with Crippen LogP contribution in [0.4, 0.5) is 5.69 Å². The molecule has 4 heteroatoms. The summed E-state index contributed by atoms with van der Waals surface area (Å²) in [6.45, 7) is 5.39. The highest BCUT2D eigenvalue weighted by Crippen LogP contribution is 2.52. The molecule has 1 aliphatic carbocycles. The summed E-state index contributed by atoms with van der Waals surface area (Å²) in [6.07, 6.45) is 6.61. The van der Waals surface area contributed by atoms with Crippen LogP contribution < -0.4 is 4.90 Å². The highest BCUT2D eigenvalue weighted by molar-refractivity contribution is 6.19. The van der Waals surface area contributed by atoms with Crippen LogP contribution in [-0.2, 0) is 19.7 Å². The van der Waals surface area contributed by atoms with Crippen molar-refractivity contribution in [3.8, 4) is 0 Å². The summed E-state index contributed by atoms with van der Waals surface area (Å²) in [7, 11) is 0. The molecule has 1 aromatic carbocycles. The molecule has 1 unspecified atom stereocenters. The number of carbonyl (C=O) groups excluding carboxylic acids is 2. The third-order valence-corrected chi connectivity index (χ3v) is 5.81. The fourth-order valence-corrected chi connectivity index (χ4v) is 4.63. The topological polar surface area (TPSA) is 46.6 Å². The van der Waals surface area contributed by atoms with E-state index in [-0.39, 0.29) is 22.9 Å². The second-order valence-corrected chi connectivity index (χ2v) is 7.68. The first-order chi connectivity index (χ1) is 12.5. The Morgan fingerprint density at radius 3 is 2.81 bits per heavy atom. The van der Waals surface area contributed by atoms with Crippen molar-refractivity contribution in [1.82, 2.24) is 0 Å². The molecule has 26 heavy (non-hydrogen) atoms. The summed E-state index contributed by atoms with van der Waals surface area (Å²) in [5, 5.41) is 0. The van der Waals surface area contributed by atoms with Crippen molar-refractivity contribution in [3.63, 3.8) is 0 Å². The molecule has 130 valence electrons. The van der Waals surface area contributed by atoms with Crippen molar-refractivity contribution in [2.75, 3.05) is 11.4 Å². The number of allylic oxidation sites excluding steroid dienone is 4. The standard InChI is InChI=1S/C22H19NO3/c1-22(2)16-5-3-4-6-17(16)23-8-7-19-15(21(22)23)10-13-9-14(12-24)18(25)11-20(13)26-19/h3-6,9-12,19H,7-8H2,1-2H3. The van der Waals surface area contributed by atoms with E-state index in [1.54, 1.807) is 6.08 Å². The van der Waals surface area contributed by atoms with Gasteiger partial charge in [-0.25, -0.2) is 0 Å². The molecule has 1 atom stereocenters. The molecule has 0 spiro atoms. The lowest BCUT2D eigenvalue weighted by Gasteiger charge is -2.40. The molecule has 0 saturated heterocycles. The Balaban J connectivity index is 1.73. The number of hydrogen-bond acceptors (Lipinski definition) is 4. The van der Waals surface area contributed by atoms with Crippen LogP contribution in [0.3, 0.4) is 0 Å². The van der Waals surface area contributed by atoms with E-state index in [0.29, 0.717) is 12.0 Å². The van der Waals surface area contributed by atoms with Crippen LogP contribution in [0.2, 0.25) is 0 Å². The minimum atomic E-state index is -0.283. The van der Waals surface area contributed by atoms with E-state index < -0.39 is 0 Å². The number of rotatable bonds is 1. The Labute approximate surface area is 152 Å². The number of hydrogen-bond donors (Lipinski definition) is 0. The second-order valence-electron chi connectivity index (χ2n) is 7.68. The number of para-hydroxylation sites is 1. The molecule has 0 bridgehead atoms. The molecular weight excluding hydrogens is 326 g/mol. The van der Waals surface area contributed by atoms with Gasteiger partial charge in [0.2, 0.25) is 0 Å². The van der Waals surface area contributed by atoms with Gasteiger partial charge in [-0.15, -0.1) is 0 Å². The van der Waals surface area contributed by atoms with Gasteiger partial charge in [-0.2, -0.15) is 0 Å². The van der Waals surface area contributed by atoms with E-state index in [0.717, 1.165) is 24.1 Å². The Bertz CT molecular complexity index is 990. The largest absolute Gasteiger partial charge is 0.485 e. The molecule has 0 aromatic heterocycles. The first-order valence-electron chi connectivity index (χ1n) is 8.94. The number of anilines is 1. The molecule has 4 nitrogen and oxygen atoms in total. The molecule has 0 fully saturated rings. The Hall–Kier alpha value is -2.88. The van der Waals surface area contributed by atoms with Crippen LogP contribution in [0.15, 0.2) is 70.7 Å². The molecule has 0 saturated carbocycles. The van der Waals surface area contributed by atoms with Gasteiger partial charge < -0.3 is 9.64 Å². The van der Waals surface area contributed by atoms with Crippen molar-refractivity contribution in [3.05, 3.63) is 76.2 Å². The van der Waals surface area contributed by atoms with E-state index >= 15 is 0 Å². The van der Waals surface area contributed by atoms with Crippen molar-refractivity contribution in [2.45, 2.75) is 31.8 Å². The molecule has 3 aliphatic heterocycles. The third-order valence-electron chi connectivity index (χ3n) is 5.81. The van der Waals surface area contributed by atoms with Crippen LogP contribution in [-0.4, -0.2) is 24.7 Å². The van der Waals surface area contributed by atoms with Crippen molar-refractivity contribution >= 4 is 17.8 Å². The Morgan fingerprint density at radius 2 is 2.00 bits per heavy atom. The van der Waals surface area contributed by atoms with Crippen LogP contribution >= 0.6 is 0 Å². The van der Waals surface area contributed by atoms with Gasteiger partial charge in [-0.3, -0.25) is 9.59 Å². The molecule has 0 radical (unpaired) electrons. The van der Waals surface area contributed by atoms with Crippen molar-refractivity contribution in [1.29, 1.82) is 0 Å². The van der Waals surface area contributed by atoms with Gasteiger partial charge in [0.05, 0.1) is 5.57 Å². The van der Waals surface area contributed by atoms with Gasteiger partial charge in [-0.1, -0.05) is 32.0 Å². The van der Waals surface area contributed by atoms with Crippen LogP contribution in [0, 0.1) is 0 Å². The lowest BCUT2D eigenvalue weighted by molar-refractivity contribution is -0.114. The smallest absolute Gasteiger partial charge is 0.192 e. The fraction of sp³-hybridized carbons (Fsp3) is 0.273. The quantitative estimate of drug-likeness (QED) is 0.578. The van der Waals surface area contributed by atoms with E-state index in [1.807, 2.05) is 0 Å². The maximum absolute atomic E-state index is 12.0. The van der Waals surface area contributed by atoms with E-state index in [1.165, 1.54) is 23.0 Å². The van der Waals surface area contributed by atoms with Gasteiger partial charge >= 0.3 is 0 Å². The summed E-state index contributed by atoms with van der Waals surface area (Å²) >= 11 is 0. The molecule has 0 N–H and O–H groups in total. The number of benzene rings is 1. The zero-order chi connectivity index (χ0) is 18.1. The lowest BCUT2D eigenvalue weighted by Crippen LogP contribution is -2.39. The Kier molecular flexibility index (Phi) is 3.00. The monoisotopic (exact) mass is 345 g/mol. The third kappa shape index (κ3) is 1.90. The molecule has 3 heterocycles. The zero-order valence-electron chi connectivity index (χ0n) is 14.8. The fourth-order valence-electron chi connectivity index (χ4n) is 4.63. The number of ether oxygens (including phenoxy) is 1. The summed E-state index contributed by atoms with van der Waals surface area (Å²) < 4.78 is 6.18. The molecular formula is C22H19NO3. The van der Waals surface area contributed by atoms with E-state index in [9.17, 15) is 9.59 Å². The van der Waals surface area contributed by atoms with E-state index in [4.69, 9.17) is 4.74 Å². The van der Waals surface area contributed by atoms with Crippen LogP contribution in [0.5, 0.6) is 0 Å². The minimum absolute atomic E-state index is 0.0520. The molecule has 5 rings (SSSR count). The highest BCUT2D eigenvalue weighted by atomic mass is 16.5. The van der Waals surface area contributed by atoms with Crippen molar-refractivity contribution < 1.29 is 14.3 Å². The van der Waals surface area contributed by atoms with Gasteiger partial charge in [0.15, 0.2) is 12.1 Å². The minimum Gasteiger partial charge on any atom is -0.485 e. The van der Waals surface area contributed by atoms with Crippen LogP contribution in [0.1, 0.15) is 25.8 Å². The first kappa shape index (κ1) is 15.4. The maximum atomic E-state index is 12.0. The predicted octanol–water partition coefficient (Wildman–Crippen LogP) is 3.36. The van der Waals surface area contributed by atoms with E-state index in [2.05, 4.69) is 49.1 Å². The SMILES string of the molecule is CC1(C)C2=C3C=C4C=C(C=O)C(=O)C=C4OC3CCN2c2ccccc21.